The van der Waals surface area contributed by atoms with Crippen LogP contribution in [0, 0.1) is 13.8 Å². The monoisotopic (exact) mass is 282 g/mol. The van der Waals surface area contributed by atoms with E-state index in [1.165, 1.54) is 0 Å². The number of hydrogen-bond acceptors (Lipinski definition) is 3. The van der Waals surface area contributed by atoms with E-state index in [-0.39, 0.29) is 12.1 Å². The van der Waals surface area contributed by atoms with Crippen molar-refractivity contribution in [1.29, 1.82) is 0 Å². The third kappa shape index (κ3) is 3.65. The number of aromatic nitrogens is 2. The molecule has 0 bridgehead atoms. The lowest BCUT2D eigenvalue weighted by molar-refractivity contribution is 0.201. The molecule has 19 heavy (non-hydrogen) atoms. The van der Waals surface area contributed by atoms with E-state index in [0.717, 1.165) is 36.0 Å². The van der Waals surface area contributed by atoms with Crippen molar-refractivity contribution < 1.29 is 4.79 Å². The lowest BCUT2D eigenvalue weighted by Gasteiger charge is -2.27. The van der Waals surface area contributed by atoms with Crippen molar-refractivity contribution in [2.24, 2.45) is 0 Å². The Hall–Kier alpha value is -1.17. The van der Waals surface area contributed by atoms with Crippen LogP contribution in [-0.4, -0.2) is 51.9 Å². The van der Waals surface area contributed by atoms with Crippen molar-refractivity contribution in [3.63, 3.8) is 0 Å². The molecule has 0 radical (unpaired) electrons. The van der Waals surface area contributed by atoms with Crippen molar-refractivity contribution >= 4 is 17.8 Å². The van der Waals surface area contributed by atoms with Crippen LogP contribution in [0.1, 0.15) is 24.4 Å². The van der Waals surface area contributed by atoms with E-state index < -0.39 is 0 Å². The number of aryl methyl sites for hydroxylation is 2. The molecule has 1 aliphatic heterocycles. The molecule has 6 heteroatoms. The molecule has 106 valence electrons. The fraction of sp³-hybridized carbons (Fsp3) is 0.692. The summed E-state index contributed by atoms with van der Waals surface area (Å²) in [5.74, 6) is 2.08. The van der Waals surface area contributed by atoms with Gasteiger partial charge in [-0.25, -0.2) is 4.79 Å². The molecule has 0 unspecified atom stereocenters. The van der Waals surface area contributed by atoms with Crippen LogP contribution in [0.15, 0.2) is 6.07 Å². The van der Waals surface area contributed by atoms with Gasteiger partial charge in [0.25, 0.3) is 0 Å². The van der Waals surface area contributed by atoms with Crippen LogP contribution in [0.5, 0.6) is 0 Å². The van der Waals surface area contributed by atoms with Gasteiger partial charge in [-0.2, -0.15) is 16.9 Å². The zero-order valence-corrected chi connectivity index (χ0v) is 12.7. The lowest BCUT2D eigenvalue weighted by Crippen LogP contribution is -2.45. The van der Waals surface area contributed by atoms with Crippen molar-refractivity contribution in [1.82, 2.24) is 20.0 Å². The first-order valence-corrected chi connectivity index (χ1v) is 7.86. The third-order valence-corrected chi connectivity index (χ3v) is 4.25. The second-order valence-corrected chi connectivity index (χ2v) is 6.23. The second-order valence-electron chi connectivity index (χ2n) is 5.01. The highest BCUT2D eigenvalue weighted by Crippen LogP contribution is 2.11. The van der Waals surface area contributed by atoms with E-state index in [1.54, 1.807) is 0 Å². The normalized spacial score (nSPS) is 17.3. The summed E-state index contributed by atoms with van der Waals surface area (Å²) in [4.78, 5) is 13.9. The maximum Gasteiger partial charge on any atom is 0.317 e. The minimum atomic E-state index is 0.0497. The summed E-state index contributed by atoms with van der Waals surface area (Å²) >= 11 is 1.91. The number of thioether (sulfide) groups is 1. The van der Waals surface area contributed by atoms with Crippen LogP contribution in [0.25, 0.3) is 0 Å². The number of hydrogen-bond donors (Lipinski definition) is 1. The summed E-state index contributed by atoms with van der Waals surface area (Å²) < 4.78 is 1.97. The molecule has 2 amide bonds. The predicted molar refractivity (Wildman–Crippen MR) is 78.7 cm³/mol. The molecule has 1 saturated heterocycles. The van der Waals surface area contributed by atoms with E-state index >= 15 is 0 Å². The molecule has 1 aromatic heterocycles. The summed E-state index contributed by atoms with van der Waals surface area (Å²) in [6.45, 7) is 8.42. The van der Waals surface area contributed by atoms with Crippen LogP contribution >= 0.6 is 11.8 Å². The quantitative estimate of drug-likeness (QED) is 0.920. The van der Waals surface area contributed by atoms with E-state index in [4.69, 9.17) is 0 Å². The molecule has 1 aliphatic rings. The van der Waals surface area contributed by atoms with E-state index in [0.29, 0.717) is 6.54 Å². The Labute approximate surface area is 118 Å². The Bertz CT molecular complexity index is 440. The van der Waals surface area contributed by atoms with Gasteiger partial charge in [0.2, 0.25) is 0 Å². The number of nitrogens with zero attached hydrogens (tertiary/aromatic N) is 3. The highest BCUT2D eigenvalue weighted by atomic mass is 32.2. The van der Waals surface area contributed by atoms with Gasteiger partial charge < -0.3 is 10.2 Å². The minimum Gasteiger partial charge on any atom is -0.336 e. The molecule has 2 rings (SSSR count). The zero-order chi connectivity index (χ0) is 13.8. The zero-order valence-electron chi connectivity index (χ0n) is 11.8. The number of carbonyl (C=O) groups excluding carboxylic acids is 1. The van der Waals surface area contributed by atoms with Crippen LogP contribution in [0.3, 0.4) is 0 Å². The van der Waals surface area contributed by atoms with Gasteiger partial charge in [0.1, 0.15) is 0 Å². The molecule has 0 aliphatic carbocycles. The smallest absolute Gasteiger partial charge is 0.317 e. The Balaban J connectivity index is 1.84. The summed E-state index contributed by atoms with van der Waals surface area (Å²) in [5.41, 5.74) is 2.15. The number of urea groups is 1. The first-order chi connectivity index (χ1) is 9.08. The number of carbonyl (C=O) groups is 1. The van der Waals surface area contributed by atoms with Gasteiger partial charge in [0.15, 0.2) is 0 Å². The second kappa shape index (κ2) is 6.32. The van der Waals surface area contributed by atoms with E-state index in [1.807, 2.05) is 35.2 Å². The summed E-state index contributed by atoms with van der Waals surface area (Å²) in [7, 11) is 0. The van der Waals surface area contributed by atoms with Crippen molar-refractivity contribution in [2.45, 2.75) is 26.8 Å². The molecule has 0 aromatic carbocycles. The number of nitrogens with one attached hydrogen (secondary N) is 1. The molecule has 0 saturated carbocycles. The Kier molecular flexibility index (Phi) is 4.74. The highest BCUT2D eigenvalue weighted by molar-refractivity contribution is 7.99. The molecular formula is C13H22N4OS. The third-order valence-electron chi connectivity index (χ3n) is 3.31. The Morgan fingerprint density at radius 1 is 1.47 bits per heavy atom. The Morgan fingerprint density at radius 3 is 2.74 bits per heavy atom. The molecule has 0 spiro atoms. The van der Waals surface area contributed by atoms with Crippen LogP contribution in [-0.2, 0) is 0 Å². The van der Waals surface area contributed by atoms with Gasteiger partial charge >= 0.3 is 6.03 Å². The van der Waals surface area contributed by atoms with Gasteiger partial charge in [-0.15, -0.1) is 0 Å². The van der Waals surface area contributed by atoms with E-state index in [9.17, 15) is 4.79 Å². The van der Waals surface area contributed by atoms with Crippen molar-refractivity contribution in [2.75, 3.05) is 31.1 Å². The topological polar surface area (TPSA) is 50.2 Å². The first-order valence-electron chi connectivity index (χ1n) is 6.71. The maximum atomic E-state index is 12.0. The molecular weight excluding hydrogens is 260 g/mol. The predicted octanol–water partition coefficient (Wildman–Crippen LogP) is 1.82. The molecule has 1 fully saturated rings. The molecule has 1 aromatic rings. The van der Waals surface area contributed by atoms with Crippen LogP contribution in [0.4, 0.5) is 4.79 Å². The fourth-order valence-electron chi connectivity index (χ4n) is 2.29. The lowest BCUT2D eigenvalue weighted by atomic mass is 10.3. The summed E-state index contributed by atoms with van der Waals surface area (Å²) in [6, 6.07) is 2.28. The summed E-state index contributed by atoms with van der Waals surface area (Å²) in [5, 5.41) is 7.45. The first kappa shape index (κ1) is 14.2. The van der Waals surface area contributed by atoms with Gasteiger partial charge in [0, 0.05) is 36.8 Å². The SMILES string of the molecule is Cc1cc(C)n([C@H](C)CNC(=O)N2CCSCC2)n1. The van der Waals surface area contributed by atoms with Crippen LogP contribution < -0.4 is 5.32 Å². The highest BCUT2D eigenvalue weighted by Gasteiger charge is 2.17. The molecule has 1 N–H and O–H groups in total. The average molecular weight is 282 g/mol. The van der Waals surface area contributed by atoms with Gasteiger partial charge in [0.05, 0.1) is 11.7 Å². The average Bonchev–Trinajstić information content (AvgIpc) is 2.75. The molecule has 2 heterocycles. The number of amides is 2. The van der Waals surface area contributed by atoms with Crippen molar-refractivity contribution in [3.8, 4) is 0 Å². The van der Waals surface area contributed by atoms with Gasteiger partial charge in [-0.3, -0.25) is 4.68 Å². The number of rotatable bonds is 3. The minimum absolute atomic E-state index is 0.0497. The van der Waals surface area contributed by atoms with Gasteiger partial charge in [-0.05, 0) is 26.8 Å². The van der Waals surface area contributed by atoms with Crippen molar-refractivity contribution in [3.05, 3.63) is 17.5 Å². The standard InChI is InChI=1S/C13H22N4OS/c1-10-8-11(2)17(15-10)12(3)9-14-13(18)16-4-6-19-7-5-16/h8,12H,4-7,9H2,1-3H3,(H,14,18)/t12-/m1/s1. The summed E-state index contributed by atoms with van der Waals surface area (Å²) in [6.07, 6.45) is 0. The Morgan fingerprint density at radius 2 is 2.16 bits per heavy atom. The van der Waals surface area contributed by atoms with E-state index in [2.05, 4.69) is 23.4 Å². The van der Waals surface area contributed by atoms with Crippen LogP contribution in [0.2, 0.25) is 0 Å². The maximum absolute atomic E-state index is 12.0. The largest absolute Gasteiger partial charge is 0.336 e. The fourth-order valence-corrected chi connectivity index (χ4v) is 3.20. The molecule has 5 nitrogen and oxygen atoms in total. The van der Waals surface area contributed by atoms with Gasteiger partial charge in [-0.1, -0.05) is 0 Å². The molecule has 1 atom stereocenters.